The molecule has 4 unspecified atom stereocenters. The summed E-state index contributed by atoms with van der Waals surface area (Å²) in [4.78, 5) is 6.65. The van der Waals surface area contributed by atoms with Crippen molar-refractivity contribution in [3.05, 3.63) is 83.8 Å². The molecule has 1 aromatic heterocycles. The molecule has 1 aliphatic carbocycles. The van der Waals surface area contributed by atoms with E-state index in [1.54, 1.807) is 0 Å². The fraction of sp³-hybridized carbons (Fsp3) is 0.464. The smallest absolute Gasteiger partial charge is 0.0608 e. The lowest BCUT2D eigenvalue weighted by molar-refractivity contribution is 0.365. The highest BCUT2D eigenvalue weighted by atomic mass is 15.4. The maximum atomic E-state index is 4.16. The van der Waals surface area contributed by atoms with Crippen LogP contribution in [0.25, 0.3) is 0 Å². The van der Waals surface area contributed by atoms with Gasteiger partial charge >= 0.3 is 0 Å². The molecule has 1 aromatic carbocycles. The van der Waals surface area contributed by atoms with Crippen LogP contribution in [-0.2, 0) is 12.8 Å². The van der Waals surface area contributed by atoms with Gasteiger partial charge in [-0.25, -0.2) is 0 Å². The third kappa shape index (κ3) is 5.10. The predicted octanol–water partition coefficient (Wildman–Crippen LogP) is 6.64. The maximum Gasteiger partial charge on any atom is 0.0608 e. The monoisotopic (exact) mass is 417 g/mol. The first-order valence-electron chi connectivity index (χ1n) is 12.0. The van der Waals surface area contributed by atoms with E-state index in [1.165, 1.54) is 35.2 Å². The second-order valence-electron chi connectivity index (χ2n) is 8.53. The summed E-state index contributed by atoms with van der Waals surface area (Å²) < 4.78 is 0. The molecule has 2 aromatic rings. The SMILES string of the molecule is CC.CC1N(C)C12C=CC2CCCc1cccnc1.CCC1=CNc2ccccc2C1. The minimum atomic E-state index is 0.439. The first-order chi connectivity index (χ1) is 15.1. The zero-order chi connectivity index (χ0) is 22.3. The van der Waals surface area contributed by atoms with Crippen molar-refractivity contribution in [2.75, 3.05) is 12.4 Å². The lowest BCUT2D eigenvalue weighted by Crippen LogP contribution is -2.33. The Morgan fingerprint density at radius 3 is 2.55 bits per heavy atom. The van der Waals surface area contributed by atoms with Crippen LogP contribution in [0, 0.1) is 5.92 Å². The molecule has 0 amide bonds. The minimum absolute atomic E-state index is 0.439. The fourth-order valence-corrected chi connectivity index (χ4v) is 4.81. The highest BCUT2D eigenvalue weighted by molar-refractivity contribution is 5.57. The third-order valence-electron chi connectivity index (χ3n) is 7.01. The second kappa shape index (κ2) is 10.8. The summed E-state index contributed by atoms with van der Waals surface area (Å²) in [6, 6.07) is 13.4. The summed E-state index contributed by atoms with van der Waals surface area (Å²) in [7, 11) is 2.24. The molecule has 5 rings (SSSR count). The predicted molar refractivity (Wildman–Crippen MR) is 133 cm³/mol. The molecule has 31 heavy (non-hydrogen) atoms. The summed E-state index contributed by atoms with van der Waals surface area (Å²) >= 11 is 0. The molecule has 1 N–H and O–H groups in total. The van der Waals surface area contributed by atoms with Gasteiger partial charge in [0.05, 0.1) is 5.54 Å². The fourth-order valence-electron chi connectivity index (χ4n) is 4.81. The van der Waals surface area contributed by atoms with Crippen molar-refractivity contribution < 1.29 is 0 Å². The number of hydrogen-bond acceptors (Lipinski definition) is 3. The Morgan fingerprint density at radius 1 is 1.16 bits per heavy atom. The van der Waals surface area contributed by atoms with Crippen LogP contribution in [0.3, 0.4) is 0 Å². The summed E-state index contributed by atoms with van der Waals surface area (Å²) in [6.45, 7) is 8.53. The van der Waals surface area contributed by atoms with Crippen molar-refractivity contribution in [2.45, 2.75) is 71.4 Å². The number of para-hydroxylation sites is 1. The van der Waals surface area contributed by atoms with E-state index < -0.39 is 0 Å². The number of hydrogen-bond donors (Lipinski definition) is 1. The number of rotatable bonds is 5. The Kier molecular flexibility index (Phi) is 8.09. The van der Waals surface area contributed by atoms with Gasteiger partial charge in [0.25, 0.3) is 0 Å². The van der Waals surface area contributed by atoms with Crippen LogP contribution in [-0.4, -0.2) is 28.5 Å². The molecule has 3 heteroatoms. The van der Waals surface area contributed by atoms with Gasteiger partial charge in [0.15, 0.2) is 0 Å². The molecule has 0 bridgehead atoms. The van der Waals surface area contributed by atoms with Crippen LogP contribution in [0.2, 0.25) is 0 Å². The minimum Gasteiger partial charge on any atom is -0.361 e. The number of allylic oxidation sites excluding steroid dienone is 1. The standard InChI is InChI=1S/C15H20N2.C11H13N.C2H6/c1-12-15(17(12)2)9-8-14(15)7-3-5-13-6-4-10-16-11-13;1-2-9-7-10-5-3-4-6-11(10)12-8-9;1-2/h4,6,8-12,14H,3,5,7H2,1-2H3;3-6,8,12H,2,7H2,1H3;1-2H3. The number of aromatic nitrogens is 1. The van der Waals surface area contributed by atoms with Crippen LogP contribution >= 0.6 is 0 Å². The van der Waals surface area contributed by atoms with Crippen LogP contribution in [0.15, 0.2) is 72.7 Å². The number of aryl methyl sites for hydroxylation is 1. The summed E-state index contributed by atoms with van der Waals surface area (Å²) in [5.41, 5.74) is 5.96. The summed E-state index contributed by atoms with van der Waals surface area (Å²) in [5.74, 6) is 0.777. The number of fused-ring (bicyclic) bond motifs is 1. The van der Waals surface area contributed by atoms with Gasteiger partial charge in [-0.2, -0.15) is 0 Å². The quantitative estimate of drug-likeness (QED) is 0.437. The van der Waals surface area contributed by atoms with E-state index in [0.717, 1.165) is 31.2 Å². The Hall–Kier alpha value is -2.39. The van der Waals surface area contributed by atoms with Crippen molar-refractivity contribution in [3.63, 3.8) is 0 Å². The Morgan fingerprint density at radius 2 is 1.94 bits per heavy atom. The molecular formula is C28H39N3. The number of pyridine rings is 1. The average molecular weight is 418 g/mol. The van der Waals surface area contributed by atoms with Crippen molar-refractivity contribution in [2.24, 2.45) is 5.92 Å². The molecule has 0 saturated carbocycles. The number of likely N-dealkylation sites (N-methyl/N-ethyl adjacent to an activating group) is 1. The van der Waals surface area contributed by atoms with E-state index in [2.05, 4.69) is 84.8 Å². The van der Waals surface area contributed by atoms with Crippen LogP contribution < -0.4 is 5.32 Å². The molecule has 166 valence electrons. The van der Waals surface area contributed by atoms with Crippen molar-refractivity contribution in [1.82, 2.24) is 9.88 Å². The van der Waals surface area contributed by atoms with Gasteiger partial charge in [0.2, 0.25) is 0 Å². The molecule has 3 heterocycles. The highest BCUT2D eigenvalue weighted by Gasteiger charge is 2.62. The molecule has 0 radical (unpaired) electrons. The van der Waals surface area contributed by atoms with Gasteiger partial charge in [-0.3, -0.25) is 9.88 Å². The van der Waals surface area contributed by atoms with E-state index in [9.17, 15) is 0 Å². The summed E-state index contributed by atoms with van der Waals surface area (Å²) in [6.07, 6.45) is 16.7. The second-order valence-corrected chi connectivity index (χ2v) is 8.53. The van der Waals surface area contributed by atoms with Gasteiger partial charge in [0.1, 0.15) is 0 Å². The molecule has 1 fully saturated rings. The zero-order valence-corrected chi connectivity index (χ0v) is 19.9. The van der Waals surface area contributed by atoms with Crippen molar-refractivity contribution in [3.8, 4) is 0 Å². The van der Waals surface area contributed by atoms with Crippen molar-refractivity contribution in [1.29, 1.82) is 0 Å². The molecule has 3 nitrogen and oxygen atoms in total. The first kappa shape index (κ1) is 23.3. The average Bonchev–Trinajstić information content (AvgIpc) is 3.40. The normalized spacial score (nSPS) is 26.7. The lowest BCUT2D eigenvalue weighted by Gasteiger charge is -2.30. The Balaban J connectivity index is 0.000000171. The topological polar surface area (TPSA) is 27.9 Å². The van der Waals surface area contributed by atoms with E-state index in [0.29, 0.717) is 5.54 Å². The van der Waals surface area contributed by atoms with Gasteiger partial charge in [0, 0.05) is 36.2 Å². The number of nitrogens with one attached hydrogen (secondary N) is 1. The lowest BCUT2D eigenvalue weighted by atomic mass is 9.76. The largest absolute Gasteiger partial charge is 0.361 e. The summed E-state index contributed by atoms with van der Waals surface area (Å²) in [5, 5.41) is 3.30. The maximum absolute atomic E-state index is 4.16. The van der Waals surface area contributed by atoms with Crippen molar-refractivity contribution >= 4 is 5.69 Å². The van der Waals surface area contributed by atoms with Gasteiger partial charge < -0.3 is 5.32 Å². The number of nitrogens with zero attached hydrogens (tertiary/aromatic N) is 2. The van der Waals surface area contributed by atoms with E-state index in [-0.39, 0.29) is 0 Å². The molecular weight excluding hydrogens is 378 g/mol. The van der Waals surface area contributed by atoms with Gasteiger partial charge in [-0.15, -0.1) is 0 Å². The van der Waals surface area contributed by atoms with Crippen LogP contribution in [0.1, 0.15) is 58.1 Å². The van der Waals surface area contributed by atoms with Gasteiger partial charge in [-0.1, -0.05) is 57.2 Å². The number of benzene rings is 1. The Labute approximate surface area is 189 Å². The number of anilines is 1. The molecule has 1 saturated heterocycles. The molecule has 3 aliphatic rings. The molecule has 2 aliphatic heterocycles. The van der Waals surface area contributed by atoms with Crippen LogP contribution in [0.5, 0.6) is 0 Å². The van der Waals surface area contributed by atoms with Gasteiger partial charge in [-0.05, 0) is 74.9 Å². The first-order valence-corrected chi connectivity index (χ1v) is 12.0. The van der Waals surface area contributed by atoms with Crippen LogP contribution in [0.4, 0.5) is 5.69 Å². The van der Waals surface area contributed by atoms with E-state index in [4.69, 9.17) is 0 Å². The molecule has 1 spiro atoms. The zero-order valence-electron chi connectivity index (χ0n) is 19.9. The van der Waals surface area contributed by atoms with E-state index >= 15 is 0 Å². The Bertz CT molecular complexity index is 876. The highest BCUT2D eigenvalue weighted by Crippen LogP contribution is 2.54. The third-order valence-corrected chi connectivity index (χ3v) is 7.01. The van der Waals surface area contributed by atoms with E-state index in [1.807, 2.05) is 32.3 Å². The molecule has 4 atom stereocenters.